The Balaban J connectivity index is 3.13. The summed E-state index contributed by atoms with van der Waals surface area (Å²) in [6.07, 6.45) is 0. The van der Waals surface area contributed by atoms with Crippen LogP contribution in [0.4, 0.5) is 8.78 Å². The smallest absolute Gasteiger partial charge is 0.285 e. The van der Waals surface area contributed by atoms with Crippen molar-refractivity contribution >= 4 is 0 Å². The van der Waals surface area contributed by atoms with Crippen LogP contribution in [0.15, 0.2) is 18.2 Å². The van der Waals surface area contributed by atoms with Gasteiger partial charge in [-0.3, -0.25) is 0 Å². The highest BCUT2D eigenvalue weighted by atomic mass is 19.3. The second-order valence-corrected chi connectivity index (χ2v) is 2.98. The maximum atomic E-state index is 13.2. The summed E-state index contributed by atoms with van der Waals surface area (Å²) in [7, 11) is 2.83. The second kappa shape index (κ2) is 4.44. The Morgan fingerprint density at radius 3 is 2.27 bits per heavy atom. The van der Waals surface area contributed by atoms with E-state index in [2.05, 4.69) is 0 Å². The van der Waals surface area contributed by atoms with E-state index < -0.39 is 12.5 Å². The van der Waals surface area contributed by atoms with Gasteiger partial charge in [0.15, 0.2) is 11.5 Å². The van der Waals surface area contributed by atoms with Gasteiger partial charge >= 0.3 is 0 Å². The molecule has 0 radical (unpaired) electrons. The predicted molar refractivity (Wildman–Crippen MR) is 52.5 cm³/mol. The van der Waals surface area contributed by atoms with Crippen LogP contribution in [0.2, 0.25) is 0 Å². The normalized spacial score (nSPS) is 11.3. The summed E-state index contributed by atoms with van der Waals surface area (Å²) in [5.41, 5.74) is 4.80. The molecule has 2 N–H and O–H groups in total. The van der Waals surface area contributed by atoms with Gasteiger partial charge in [0.2, 0.25) is 0 Å². The summed E-state index contributed by atoms with van der Waals surface area (Å²) in [4.78, 5) is 0. The maximum Gasteiger partial charge on any atom is 0.285 e. The minimum absolute atomic E-state index is 0.178. The van der Waals surface area contributed by atoms with Crippen LogP contribution in [0.5, 0.6) is 11.5 Å². The average Bonchev–Trinajstić information content (AvgIpc) is 2.28. The highest BCUT2D eigenvalue weighted by molar-refractivity contribution is 5.44. The van der Waals surface area contributed by atoms with Crippen molar-refractivity contribution in [1.82, 2.24) is 0 Å². The van der Waals surface area contributed by atoms with Crippen molar-refractivity contribution in [3.05, 3.63) is 23.8 Å². The van der Waals surface area contributed by atoms with Gasteiger partial charge in [-0.05, 0) is 18.2 Å². The van der Waals surface area contributed by atoms with E-state index in [1.165, 1.54) is 32.4 Å². The van der Waals surface area contributed by atoms with E-state index in [1.807, 2.05) is 0 Å². The molecule has 0 bridgehead atoms. The highest BCUT2D eigenvalue weighted by Crippen LogP contribution is 2.34. The van der Waals surface area contributed by atoms with Crippen molar-refractivity contribution in [1.29, 1.82) is 0 Å². The number of hydrogen-bond donors (Lipinski definition) is 1. The van der Waals surface area contributed by atoms with E-state index in [1.54, 1.807) is 0 Å². The quantitative estimate of drug-likeness (QED) is 0.835. The van der Waals surface area contributed by atoms with Crippen molar-refractivity contribution in [2.45, 2.75) is 5.92 Å². The molecule has 0 aliphatic heterocycles. The Kier molecular flexibility index (Phi) is 3.47. The molecule has 1 aromatic rings. The first-order valence-electron chi connectivity index (χ1n) is 4.35. The van der Waals surface area contributed by atoms with Gasteiger partial charge in [-0.15, -0.1) is 0 Å². The van der Waals surface area contributed by atoms with Gasteiger partial charge < -0.3 is 15.2 Å². The zero-order chi connectivity index (χ0) is 11.5. The fourth-order valence-electron chi connectivity index (χ4n) is 1.18. The molecule has 0 unspecified atom stereocenters. The molecule has 0 spiro atoms. The summed E-state index contributed by atoms with van der Waals surface area (Å²) in [5, 5.41) is 0. The van der Waals surface area contributed by atoms with Crippen molar-refractivity contribution < 1.29 is 18.3 Å². The van der Waals surface area contributed by atoms with E-state index >= 15 is 0 Å². The summed E-state index contributed by atoms with van der Waals surface area (Å²) in [6.45, 7) is -0.734. The molecule has 5 heteroatoms. The first-order chi connectivity index (χ1) is 7.05. The monoisotopic (exact) mass is 217 g/mol. The zero-order valence-electron chi connectivity index (χ0n) is 8.59. The molecule has 84 valence electrons. The molecular formula is C10H13F2NO2. The van der Waals surface area contributed by atoms with E-state index in [4.69, 9.17) is 15.2 Å². The number of hydrogen-bond acceptors (Lipinski definition) is 3. The molecule has 0 saturated carbocycles. The standard InChI is InChI=1S/C10H13F2NO2/c1-14-8-4-3-7(5-9(8)15-2)10(11,12)6-13/h3-5H,6,13H2,1-2H3. The zero-order valence-corrected chi connectivity index (χ0v) is 8.59. The molecule has 15 heavy (non-hydrogen) atoms. The van der Waals surface area contributed by atoms with Crippen LogP contribution in [0.1, 0.15) is 5.56 Å². The number of alkyl halides is 2. The predicted octanol–water partition coefficient (Wildman–Crippen LogP) is 1.75. The minimum Gasteiger partial charge on any atom is -0.493 e. The lowest BCUT2D eigenvalue weighted by Crippen LogP contribution is -2.25. The Hall–Kier alpha value is -1.36. The molecule has 0 aliphatic carbocycles. The van der Waals surface area contributed by atoms with E-state index in [-0.39, 0.29) is 11.3 Å². The number of halogens is 2. The summed E-state index contributed by atoms with van der Waals surface area (Å²) < 4.78 is 36.3. The summed E-state index contributed by atoms with van der Waals surface area (Å²) >= 11 is 0. The molecule has 0 amide bonds. The molecule has 3 nitrogen and oxygen atoms in total. The maximum absolute atomic E-state index is 13.2. The summed E-state index contributed by atoms with van der Waals surface area (Å²) in [5.74, 6) is -2.36. The Morgan fingerprint density at radius 1 is 1.20 bits per heavy atom. The van der Waals surface area contributed by atoms with Crippen LogP contribution in [-0.4, -0.2) is 20.8 Å². The lowest BCUT2D eigenvalue weighted by Gasteiger charge is -2.16. The van der Waals surface area contributed by atoms with Crippen molar-refractivity contribution in [2.24, 2.45) is 5.73 Å². The molecule has 0 heterocycles. The van der Waals surface area contributed by atoms with E-state index in [9.17, 15) is 8.78 Å². The number of rotatable bonds is 4. The molecule has 0 aliphatic rings. The number of nitrogens with two attached hydrogens (primary N) is 1. The summed E-state index contributed by atoms with van der Waals surface area (Å²) in [6, 6.07) is 3.93. The van der Waals surface area contributed by atoms with Crippen LogP contribution >= 0.6 is 0 Å². The van der Waals surface area contributed by atoms with Crippen LogP contribution < -0.4 is 15.2 Å². The van der Waals surface area contributed by atoms with Crippen molar-refractivity contribution in [3.8, 4) is 11.5 Å². The van der Waals surface area contributed by atoms with Crippen LogP contribution in [0, 0.1) is 0 Å². The first-order valence-corrected chi connectivity index (χ1v) is 4.35. The molecule has 0 aromatic heterocycles. The van der Waals surface area contributed by atoms with Gasteiger partial charge in [0, 0.05) is 5.56 Å². The molecule has 0 saturated heterocycles. The second-order valence-electron chi connectivity index (χ2n) is 2.98. The Labute approximate surface area is 86.8 Å². The van der Waals surface area contributed by atoms with Gasteiger partial charge in [0.1, 0.15) is 0 Å². The van der Waals surface area contributed by atoms with Crippen molar-refractivity contribution in [3.63, 3.8) is 0 Å². The number of methoxy groups -OCH3 is 2. The van der Waals surface area contributed by atoms with Gasteiger partial charge in [-0.25, -0.2) is 0 Å². The molecule has 1 rings (SSSR count). The van der Waals surface area contributed by atoms with Gasteiger partial charge in [-0.2, -0.15) is 8.78 Å². The number of benzene rings is 1. The third-order valence-electron chi connectivity index (χ3n) is 2.06. The van der Waals surface area contributed by atoms with E-state index in [0.29, 0.717) is 5.75 Å². The Bertz CT molecular complexity index is 342. The molecule has 1 aromatic carbocycles. The van der Waals surface area contributed by atoms with Gasteiger partial charge in [0.25, 0.3) is 5.92 Å². The highest BCUT2D eigenvalue weighted by Gasteiger charge is 2.30. The van der Waals surface area contributed by atoms with Crippen LogP contribution in [0.3, 0.4) is 0 Å². The van der Waals surface area contributed by atoms with Crippen LogP contribution in [-0.2, 0) is 5.92 Å². The van der Waals surface area contributed by atoms with Gasteiger partial charge in [0.05, 0.1) is 20.8 Å². The third kappa shape index (κ3) is 2.36. The lowest BCUT2D eigenvalue weighted by molar-refractivity contribution is 0.00571. The minimum atomic E-state index is -3.04. The third-order valence-corrected chi connectivity index (χ3v) is 2.06. The fourth-order valence-corrected chi connectivity index (χ4v) is 1.18. The van der Waals surface area contributed by atoms with Crippen molar-refractivity contribution in [2.75, 3.05) is 20.8 Å². The average molecular weight is 217 g/mol. The number of ether oxygens (including phenoxy) is 2. The SMILES string of the molecule is COc1ccc(C(F)(F)CN)cc1OC. The van der Waals surface area contributed by atoms with Crippen LogP contribution in [0.25, 0.3) is 0 Å². The molecule has 0 fully saturated rings. The largest absolute Gasteiger partial charge is 0.493 e. The fraction of sp³-hybridized carbons (Fsp3) is 0.400. The van der Waals surface area contributed by atoms with Gasteiger partial charge in [-0.1, -0.05) is 0 Å². The molecule has 0 atom stereocenters. The topological polar surface area (TPSA) is 44.5 Å². The van der Waals surface area contributed by atoms with E-state index in [0.717, 1.165) is 0 Å². The lowest BCUT2D eigenvalue weighted by atomic mass is 10.1. The Morgan fingerprint density at radius 2 is 1.80 bits per heavy atom. The first kappa shape index (κ1) is 11.7. The molecular weight excluding hydrogens is 204 g/mol.